The zero-order valence-corrected chi connectivity index (χ0v) is 71.7. The molecule has 30 heteroatoms. The highest BCUT2D eigenvalue weighted by Crippen LogP contribution is 2.33. The van der Waals surface area contributed by atoms with E-state index in [0.29, 0.717) is 117 Å². The van der Waals surface area contributed by atoms with E-state index in [1.807, 2.05) is 65.8 Å². The van der Waals surface area contributed by atoms with Gasteiger partial charge in [-0.3, -0.25) is 38.4 Å². The van der Waals surface area contributed by atoms with E-state index in [1.54, 1.807) is 93.1 Å². The van der Waals surface area contributed by atoms with E-state index in [9.17, 15) is 53.1 Å². The maximum absolute atomic E-state index is 14.9. The Balaban J connectivity index is 1.06. The van der Waals surface area contributed by atoms with Crippen LogP contribution in [0.5, 0.6) is 0 Å². The summed E-state index contributed by atoms with van der Waals surface area (Å²) in [5.74, 6) is -5.98. The van der Waals surface area contributed by atoms with Crippen LogP contribution < -0.4 is 27.0 Å². The van der Waals surface area contributed by atoms with Crippen LogP contribution in [0.15, 0.2) is 72.8 Å². The minimum atomic E-state index is -0.976. The predicted molar refractivity (Wildman–Crippen MR) is 438 cm³/mol. The zero-order valence-electron chi connectivity index (χ0n) is 68.5. The second kappa shape index (κ2) is 50.1. The highest BCUT2D eigenvalue weighted by molar-refractivity contribution is 9.09. The Kier molecular flexibility index (Phi) is 42.7. The fourth-order valence-electron chi connectivity index (χ4n) is 14.3. The molecule has 628 valence electrons. The van der Waals surface area contributed by atoms with Crippen molar-refractivity contribution in [3.8, 4) is 0 Å². The molecule has 113 heavy (non-hydrogen) atoms. The normalized spacial score (nSPS) is 15.9. The molecule has 0 bridgehead atoms. The number of hydrogen-bond acceptors (Lipinski definition) is 20. The van der Waals surface area contributed by atoms with Crippen molar-refractivity contribution in [2.45, 2.75) is 206 Å². The van der Waals surface area contributed by atoms with Gasteiger partial charge in [-0.25, -0.2) is 19.6 Å². The number of nitrogens with zero attached hydrogens (tertiary/aromatic N) is 5. The van der Waals surface area contributed by atoms with Gasteiger partial charge in [-0.1, -0.05) is 143 Å². The number of urea groups is 1. The number of likely N-dealkylation sites (N-methyl/N-ethyl adjacent to an activating group) is 2. The molecule has 12 atom stereocenters. The number of halogens is 2. The molecule has 0 aliphatic carbocycles. The van der Waals surface area contributed by atoms with E-state index >= 15 is 0 Å². The van der Waals surface area contributed by atoms with Gasteiger partial charge in [-0.2, -0.15) is 0 Å². The first-order chi connectivity index (χ1) is 53.9. The summed E-state index contributed by atoms with van der Waals surface area (Å²) >= 11 is 6.90. The van der Waals surface area contributed by atoms with Gasteiger partial charge < -0.3 is 80.0 Å². The van der Waals surface area contributed by atoms with Gasteiger partial charge in [-0.05, 0) is 104 Å². The summed E-state index contributed by atoms with van der Waals surface area (Å²) in [6.07, 6.45) is -0.332. The number of primary amides is 1. The Morgan fingerprint density at radius 2 is 1.29 bits per heavy atom. The number of rotatable bonds is 53. The quantitative estimate of drug-likeness (QED) is 0.0136. The molecular formula is C83H124Br2N10O18. The molecule has 0 unspecified atom stereocenters. The molecule has 5 rings (SSSR count). The van der Waals surface area contributed by atoms with E-state index in [0.717, 1.165) is 16.9 Å². The lowest BCUT2D eigenvalue weighted by Crippen LogP contribution is -2.55. The summed E-state index contributed by atoms with van der Waals surface area (Å²) in [4.78, 5) is 151. The number of alkyl halides is 2. The van der Waals surface area contributed by atoms with E-state index in [2.05, 4.69) is 63.1 Å². The fraction of sp³-hybridized carbons (Fsp3) is 0.639. The number of benzene rings is 3. The van der Waals surface area contributed by atoms with Crippen LogP contribution in [-0.4, -0.2) is 225 Å². The number of ether oxygens (including phenoxy) is 7. The first kappa shape index (κ1) is 96.2. The van der Waals surface area contributed by atoms with E-state index in [1.165, 1.54) is 26.2 Å². The van der Waals surface area contributed by atoms with Crippen molar-refractivity contribution in [1.82, 2.24) is 40.6 Å². The summed E-state index contributed by atoms with van der Waals surface area (Å²) in [6.45, 7) is 21.1. The maximum Gasteiger partial charge on any atom is 0.410 e. The van der Waals surface area contributed by atoms with Gasteiger partial charge in [0.2, 0.25) is 29.5 Å². The minimum absolute atomic E-state index is 0.00553. The van der Waals surface area contributed by atoms with Crippen molar-refractivity contribution in [3.63, 3.8) is 0 Å². The number of aromatic nitrogens is 2. The minimum Gasteiger partial charge on any atom is -0.445 e. The maximum atomic E-state index is 14.9. The Hall–Kier alpha value is -7.42. The van der Waals surface area contributed by atoms with Gasteiger partial charge in [0.1, 0.15) is 6.61 Å². The number of aliphatic hydroxyl groups is 1. The van der Waals surface area contributed by atoms with Crippen molar-refractivity contribution >= 4 is 108 Å². The second-order valence-electron chi connectivity index (χ2n) is 30.2. The SMILES string of the molecule is CC[C@H](C)[C@@H]([C@@H](CC(=O)N1CCC[C@H]1[C@H](OC)[C@@H](C)C(=O)N[C@H](C)[C@@H](O)c1ccccc1)OC)N(C)C(=O)[C@@H](CC(=O)[C@H](C(C)C)N(C)C(=O)OCc1ccc(NC(=O)[C@H](CCCNC(N)=O)CC(=O)[C@@H](NC(=O)CCOCCOCCOCCOCCCC(=O)c2ccc3nc(CBr)c(CBr)nc3c2)C(C)C)cc1)C(C)C. The average Bonchev–Trinajstić information content (AvgIpc) is 1.80. The molecule has 8 amide bonds. The number of methoxy groups -OCH3 is 2. The van der Waals surface area contributed by atoms with Crippen LogP contribution in [0.25, 0.3) is 11.0 Å². The fourth-order valence-corrected chi connectivity index (χ4v) is 15.2. The summed E-state index contributed by atoms with van der Waals surface area (Å²) in [6, 6.07) is 16.7. The number of carbonyl (C=O) groups is 10. The van der Waals surface area contributed by atoms with E-state index in [-0.39, 0.29) is 124 Å². The van der Waals surface area contributed by atoms with E-state index in [4.69, 9.17) is 38.9 Å². The molecule has 1 aliphatic rings. The second-order valence-corrected chi connectivity index (χ2v) is 31.3. The van der Waals surface area contributed by atoms with Gasteiger partial charge >= 0.3 is 12.1 Å². The monoisotopic (exact) mass is 1710 g/mol. The number of nitrogens with two attached hydrogens (primary N) is 1. The lowest BCUT2D eigenvalue weighted by Gasteiger charge is -2.41. The Labute approximate surface area is 683 Å². The van der Waals surface area contributed by atoms with Crippen LogP contribution in [0.3, 0.4) is 0 Å². The first-order valence-corrected chi connectivity index (χ1v) is 41.7. The molecule has 0 spiro atoms. The van der Waals surface area contributed by atoms with Crippen molar-refractivity contribution < 1.29 is 86.2 Å². The summed E-state index contributed by atoms with van der Waals surface area (Å²) in [5.41, 5.74) is 10.6. The topological polar surface area (TPSA) is 365 Å². The summed E-state index contributed by atoms with van der Waals surface area (Å²) < 4.78 is 40.3. The molecular weight excluding hydrogens is 1580 g/mol. The van der Waals surface area contributed by atoms with Gasteiger partial charge in [0.25, 0.3) is 0 Å². The number of Topliss-reactive ketones (excluding diaryl/α,β-unsaturated/α-hetero) is 3. The standard InChI is InChI=1S/C83H124Br2N10O18/c1-15-54(8)76(71(107-13)47-73(100)95-35-20-25-67(95)78(108-14)55(9)79(102)88-56(10)77(101)58-22-17-16-18-23-58)93(11)81(104)62(51(2)3)46-70(98)75(53(6)7)94(12)83(106)113-50-57-27-30-61(31-28-57)89-80(103)60(24-19-34-87-82(86)105)45-69(97)74(52(4)5)92-72(99)33-37-110-39-41-112-43-42-111-40-38-109-36-21-26-68(96)59-29-32-63-64(44-59)91-66(49-85)65(48-84)90-63/h16-18,22-23,27-32,44,51-56,60,62,67,71,74-78,101H,15,19-21,24-26,33-43,45-50H2,1-14H3,(H,88,102)(H,89,103)(H,92,99)(H3,86,87,105)/t54-,55+,56+,60+,62-,67-,71+,74-,75-,76-,77+,78+/m0/s1. The van der Waals surface area contributed by atoms with Crippen LogP contribution in [0, 0.1) is 41.4 Å². The number of hydrogen-bond donors (Lipinski definition) is 6. The lowest BCUT2D eigenvalue weighted by atomic mass is 9.83. The van der Waals surface area contributed by atoms with Gasteiger partial charge in [0.05, 0.1) is 130 Å². The molecule has 1 aliphatic heterocycles. The smallest absolute Gasteiger partial charge is 0.410 e. The number of amides is 8. The zero-order chi connectivity index (χ0) is 83.4. The highest BCUT2D eigenvalue weighted by atomic mass is 79.9. The van der Waals surface area contributed by atoms with Crippen LogP contribution in [0.2, 0.25) is 0 Å². The average molecular weight is 1710 g/mol. The van der Waals surface area contributed by atoms with E-state index < -0.39 is 90.2 Å². The molecule has 4 aromatic rings. The molecule has 28 nitrogen and oxygen atoms in total. The molecule has 1 aromatic heterocycles. The third-order valence-corrected chi connectivity index (χ3v) is 22.0. The van der Waals surface area contributed by atoms with Crippen molar-refractivity contribution in [1.29, 1.82) is 0 Å². The number of carbonyl (C=O) groups excluding carboxylic acids is 10. The van der Waals surface area contributed by atoms with Gasteiger partial charge in [-0.15, -0.1) is 0 Å². The van der Waals surface area contributed by atoms with Crippen molar-refractivity contribution in [2.24, 2.45) is 47.2 Å². The van der Waals surface area contributed by atoms with Crippen LogP contribution >= 0.6 is 31.9 Å². The molecule has 1 fully saturated rings. The van der Waals surface area contributed by atoms with Crippen LogP contribution in [-0.2, 0) is 84.0 Å². The number of fused-ring (bicyclic) bond motifs is 1. The third-order valence-electron chi connectivity index (χ3n) is 20.9. The van der Waals surface area contributed by atoms with Gasteiger partial charge in [0.15, 0.2) is 17.3 Å². The first-order valence-electron chi connectivity index (χ1n) is 39.5. The molecule has 0 radical (unpaired) electrons. The van der Waals surface area contributed by atoms with Gasteiger partial charge in [0, 0.05) is 107 Å². The largest absolute Gasteiger partial charge is 0.445 e. The van der Waals surface area contributed by atoms with Crippen molar-refractivity contribution in [3.05, 3.63) is 101 Å². The Morgan fingerprint density at radius 1 is 0.673 bits per heavy atom. The molecule has 3 aromatic carbocycles. The van der Waals surface area contributed by atoms with Crippen molar-refractivity contribution in [2.75, 3.05) is 99.6 Å². The predicted octanol–water partition coefficient (Wildman–Crippen LogP) is 10.6. The molecule has 2 heterocycles. The third kappa shape index (κ3) is 30.6. The summed E-state index contributed by atoms with van der Waals surface area (Å²) in [5, 5.41) is 23.3. The number of nitrogens with one attached hydrogen (secondary N) is 4. The number of ketones is 3. The summed E-state index contributed by atoms with van der Waals surface area (Å²) in [7, 11) is 6.20. The number of aliphatic hydroxyl groups excluding tert-OH is 1. The Bertz CT molecular complexity index is 3670. The number of likely N-dealkylation sites (tertiary alicyclic amines) is 1. The molecule has 0 saturated carbocycles. The van der Waals surface area contributed by atoms with Crippen LogP contribution in [0.4, 0.5) is 15.3 Å². The van der Waals surface area contributed by atoms with Crippen LogP contribution in [0.1, 0.15) is 179 Å². The lowest BCUT2D eigenvalue weighted by molar-refractivity contribution is -0.149. The molecule has 7 N–H and O–H groups in total. The number of anilines is 1. The Morgan fingerprint density at radius 3 is 1.87 bits per heavy atom. The highest BCUT2D eigenvalue weighted by Gasteiger charge is 2.44. The molecule has 1 saturated heterocycles.